The van der Waals surface area contributed by atoms with E-state index in [4.69, 9.17) is 9.94 Å². The van der Waals surface area contributed by atoms with Crippen LogP contribution < -0.4 is 15.5 Å². The first-order valence-corrected chi connectivity index (χ1v) is 8.42. The number of ether oxygens (including phenoxy) is 1. The van der Waals surface area contributed by atoms with Crippen molar-refractivity contribution in [2.75, 3.05) is 13.2 Å². The molecule has 6 nitrogen and oxygen atoms in total. The van der Waals surface area contributed by atoms with E-state index in [-0.39, 0.29) is 0 Å². The molecule has 0 aliphatic rings. The van der Waals surface area contributed by atoms with Crippen molar-refractivity contribution in [1.82, 2.24) is 10.8 Å². The Morgan fingerprint density at radius 2 is 2.08 bits per heavy atom. The highest BCUT2D eigenvalue weighted by molar-refractivity contribution is 8.00. The van der Waals surface area contributed by atoms with Gasteiger partial charge >= 0.3 is 6.41 Å². The Kier molecular flexibility index (Phi) is 10.2. The summed E-state index contributed by atoms with van der Waals surface area (Å²) >= 11 is 1.37. The predicted molar refractivity (Wildman–Crippen MR) is 92.5 cm³/mol. The normalized spacial score (nSPS) is 10.9. The van der Waals surface area contributed by atoms with Crippen LogP contribution in [-0.2, 0) is 9.59 Å². The molecule has 2 amide bonds. The van der Waals surface area contributed by atoms with Crippen LogP contribution in [0.4, 0.5) is 0 Å². The molecule has 1 aromatic rings. The highest BCUT2D eigenvalue weighted by atomic mass is 32.2. The Hall–Kier alpha value is -2.17. The summed E-state index contributed by atoms with van der Waals surface area (Å²) in [6, 6.07) is 7.36. The lowest BCUT2D eigenvalue weighted by Crippen LogP contribution is -2.30. The maximum Gasteiger partial charge on any atom is 0.309 e. The van der Waals surface area contributed by atoms with Crippen molar-refractivity contribution in [1.29, 1.82) is 0 Å². The van der Waals surface area contributed by atoms with Gasteiger partial charge < -0.3 is 10.1 Å². The summed E-state index contributed by atoms with van der Waals surface area (Å²) in [5, 5.41) is 10.9. The molecule has 0 fully saturated rings. The van der Waals surface area contributed by atoms with Gasteiger partial charge in [0.1, 0.15) is 12.4 Å². The van der Waals surface area contributed by atoms with E-state index >= 15 is 0 Å². The van der Waals surface area contributed by atoms with Crippen LogP contribution >= 0.6 is 11.8 Å². The van der Waals surface area contributed by atoms with Gasteiger partial charge in [-0.2, -0.15) is 0 Å². The van der Waals surface area contributed by atoms with Crippen LogP contribution in [-0.4, -0.2) is 35.9 Å². The molecule has 1 rings (SSSR count). The molecule has 0 aromatic heterocycles. The van der Waals surface area contributed by atoms with Crippen LogP contribution in [0.3, 0.4) is 0 Å². The number of nitrogens with one attached hydrogen (secondary N) is 2. The van der Waals surface area contributed by atoms with Gasteiger partial charge in [-0.25, -0.2) is 5.48 Å². The number of unbranched alkanes of at least 4 members (excludes halogenated alkanes) is 1. The van der Waals surface area contributed by atoms with Crippen LogP contribution in [0.25, 0.3) is 0 Å². The van der Waals surface area contributed by atoms with Crippen molar-refractivity contribution in [3.05, 3.63) is 24.3 Å². The second kappa shape index (κ2) is 12.3. The topological polar surface area (TPSA) is 87.7 Å². The van der Waals surface area contributed by atoms with E-state index in [2.05, 4.69) is 17.2 Å². The maximum absolute atomic E-state index is 11.8. The molecular formula is C17H21N2O4S. The van der Waals surface area contributed by atoms with Crippen molar-refractivity contribution in [3.8, 4) is 17.6 Å². The SMILES string of the molecule is CC#CCOc1ccc(SC(CCCCN[C]=O)C(=O)NO)cc1. The van der Waals surface area contributed by atoms with Crippen LogP contribution in [0, 0.1) is 11.8 Å². The Labute approximate surface area is 146 Å². The van der Waals surface area contributed by atoms with Gasteiger partial charge in [0.15, 0.2) is 0 Å². The third-order valence-corrected chi connectivity index (χ3v) is 4.36. The highest BCUT2D eigenvalue weighted by Gasteiger charge is 2.19. The Morgan fingerprint density at radius 3 is 2.71 bits per heavy atom. The van der Waals surface area contributed by atoms with Gasteiger partial charge in [0, 0.05) is 11.4 Å². The minimum Gasteiger partial charge on any atom is -0.481 e. The average molecular weight is 349 g/mol. The van der Waals surface area contributed by atoms with Crippen molar-refractivity contribution in [3.63, 3.8) is 0 Å². The summed E-state index contributed by atoms with van der Waals surface area (Å²) in [6.45, 7) is 2.61. The lowest BCUT2D eigenvalue weighted by atomic mass is 10.2. The number of hydrogen-bond acceptors (Lipinski definition) is 5. The third kappa shape index (κ3) is 7.90. The zero-order valence-corrected chi connectivity index (χ0v) is 14.3. The Balaban J connectivity index is 2.53. The summed E-state index contributed by atoms with van der Waals surface area (Å²) in [5.74, 6) is 5.84. The predicted octanol–water partition coefficient (Wildman–Crippen LogP) is 1.88. The maximum atomic E-state index is 11.8. The fraction of sp³-hybridized carbons (Fsp3) is 0.412. The van der Waals surface area contributed by atoms with Gasteiger partial charge in [0.2, 0.25) is 0 Å². The molecule has 0 saturated carbocycles. The summed E-state index contributed by atoms with van der Waals surface area (Å²) in [4.78, 5) is 22.7. The van der Waals surface area contributed by atoms with Crippen LogP contribution in [0.5, 0.6) is 5.75 Å². The Morgan fingerprint density at radius 1 is 1.33 bits per heavy atom. The van der Waals surface area contributed by atoms with E-state index in [1.165, 1.54) is 11.8 Å². The average Bonchev–Trinajstić information content (AvgIpc) is 2.61. The number of benzene rings is 1. The van der Waals surface area contributed by atoms with Gasteiger partial charge in [-0.1, -0.05) is 12.3 Å². The van der Waals surface area contributed by atoms with Gasteiger partial charge in [-0.05, 0) is 44.0 Å². The molecule has 0 saturated heterocycles. The third-order valence-electron chi connectivity index (χ3n) is 3.08. The molecule has 1 aromatic carbocycles. The summed E-state index contributed by atoms with van der Waals surface area (Å²) < 4.78 is 5.44. The molecule has 24 heavy (non-hydrogen) atoms. The van der Waals surface area contributed by atoms with Crippen LogP contribution in [0.15, 0.2) is 29.2 Å². The van der Waals surface area contributed by atoms with Crippen LogP contribution in [0.1, 0.15) is 26.2 Å². The Bertz CT molecular complexity index is 566. The van der Waals surface area contributed by atoms with Crippen molar-refractivity contribution in [2.45, 2.75) is 36.3 Å². The number of hydrogen-bond donors (Lipinski definition) is 3. The van der Waals surface area contributed by atoms with E-state index < -0.39 is 11.2 Å². The van der Waals surface area contributed by atoms with Crippen molar-refractivity contribution >= 4 is 24.1 Å². The molecule has 0 heterocycles. The molecular weight excluding hydrogens is 328 g/mol. The molecule has 1 unspecified atom stereocenters. The van der Waals surface area contributed by atoms with Gasteiger partial charge in [-0.15, -0.1) is 17.7 Å². The number of carbonyl (C=O) groups excluding carboxylic acids is 2. The van der Waals surface area contributed by atoms with E-state index in [1.807, 2.05) is 24.3 Å². The zero-order valence-electron chi connectivity index (χ0n) is 13.5. The summed E-state index contributed by atoms with van der Waals surface area (Å²) in [7, 11) is 0. The van der Waals surface area contributed by atoms with E-state index in [9.17, 15) is 9.59 Å². The number of amides is 2. The quantitative estimate of drug-likeness (QED) is 0.142. The minimum atomic E-state index is -0.437. The molecule has 0 aliphatic heterocycles. The van der Waals surface area contributed by atoms with Crippen molar-refractivity contribution < 1.29 is 19.5 Å². The zero-order chi connectivity index (χ0) is 17.6. The van der Waals surface area contributed by atoms with E-state index in [0.717, 1.165) is 17.7 Å². The standard InChI is InChI=1S/C17H21N2O4S/c1-2-3-12-23-14-7-9-15(10-8-14)24-16(17(21)19-22)6-4-5-11-18-13-20/h7-10,16,22H,4-6,11-12H2,1H3,(H,18,20)(H,19,21). The van der Waals surface area contributed by atoms with Crippen molar-refractivity contribution in [2.24, 2.45) is 0 Å². The molecule has 3 N–H and O–H groups in total. The smallest absolute Gasteiger partial charge is 0.309 e. The number of carbonyl (C=O) groups is 1. The molecule has 0 aliphatic carbocycles. The number of thioether (sulfide) groups is 1. The minimum absolute atomic E-state index is 0.338. The largest absolute Gasteiger partial charge is 0.481 e. The molecule has 0 spiro atoms. The van der Waals surface area contributed by atoms with Crippen LogP contribution in [0.2, 0.25) is 0 Å². The molecule has 129 valence electrons. The number of rotatable bonds is 11. The summed E-state index contributed by atoms with van der Waals surface area (Å²) in [5.41, 5.74) is 1.71. The lowest BCUT2D eigenvalue weighted by Gasteiger charge is -2.14. The molecule has 7 heteroatoms. The second-order valence-corrected chi connectivity index (χ2v) is 6.07. The molecule has 1 radical (unpaired) electrons. The van der Waals surface area contributed by atoms with Gasteiger partial charge in [-0.3, -0.25) is 14.8 Å². The first kappa shape index (κ1) is 19.9. The van der Waals surface area contributed by atoms with E-state index in [1.54, 1.807) is 18.8 Å². The molecule has 0 bridgehead atoms. The van der Waals surface area contributed by atoms with E-state index in [0.29, 0.717) is 25.3 Å². The number of hydroxylamine groups is 1. The highest BCUT2D eigenvalue weighted by Crippen LogP contribution is 2.28. The first-order chi connectivity index (χ1) is 11.7. The fourth-order valence-corrected chi connectivity index (χ4v) is 2.95. The summed E-state index contributed by atoms with van der Waals surface area (Å²) in [6.07, 6.45) is 3.69. The van der Waals surface area contributed by atoms with Gasteiger partial charge in [0.05, 0.1) is 5.25 Å². The van der Waals surface area contributed by atoms with Gasteiger partial charge in [0.25, 0.3) is 5.91 Å². The fourth-order valence-electron chi connectivity index (χ4n) is 1.88. The monoisotopic (exact) mass is 349 g/mol. The molecule has 1 atom stereocenters. The second-order valence-electron chi connectivity index (χ2n) is 4.79. The first-order valence-electron chi connectivity index (χ1n) is 7.54. The lowest BCUT2D eigenvalue weighted by molar-refractivity contribution is -0.128.